The van der Waals surface area contributed by atoms with E-state index in [0.29, 0.717) is 20.8 Å². The second-order valence-corrected chi connectivity index (χ2v) is 11.5. The zero-order chi connectivity index (χ0) is 22.3. The fourth-order valence-electron chi connectivity index (χ4n) is 2.83. The lowest BCUT2D eigenvalue weighted by Gasteiger charge is -2.11. The van der Waals surface area contributed by atoms with E-state index < -0.39 is 9.84 Å². The zero-order valence-corrected chi connectivity index (χ0v) is 20.6. The Kier molecular flexibility index (Phi) is 6.62. The first-order valence-electron chi connectivity index (χ1n) is 8.52. The molecule has 0 amide bonds. The lowest BCUT2D eigenvalue weighted by molar-refractivity contribution is 0.480. The predicted molar refractivity (Wildman–Crippen MR) is 129 cm³/mol. The van der Waals surface area contributed by atoms with E-state index in [1.165, 1.54) is 41.7 Å². The fourth-order valence-corrected chi connectivity index (χ4v) is 6.69. The minimum Gasteiger partial charge on any atom is -0.428 e. The van der Waals surface area contributed by atoms with Crippen LogP contribution < -0.4 is 4.74 Å². The molecule has 0 aliphatic rings. The van der Waals surface area contributed by atoms with Gasteiger partial charge in [-0.2, -0.15) is 0 Å². The van der Waals surface area contributed by atoms with Crippen LogP contribution in [0.2, 0.25) is 25.1 Å². The molecule has 4 aromatic rings. The van der Waals surface area contributed by atoms with Crippen molar-refractivity contribution in [2.75, 3.05) is 0 Å². The average molecular weight is 554 g/mol. The molecule has 0 fully saturated rings. The van der Waals surface area contributed by atoms with Gasteiger partial charge in [-0.15, -0.1) is 0 Å². The van der Waals surface area contributed by atoms with Crippen LogP contribution in [0.15, 0.2) is 53.4 Å². The number of aromatic nitrogens is 1. The standard InChI is InChI=1S/C20H10Cl5NO3S2/c21-11-2-4-18(13(23)7-11)31(27,28)9-10-5-14(24)19(15(25)6-10)29-20-26-16-3-1-12(22)8-17(16)30-20/h1-8H,9H2. The van der Waals surface area contributed by atoms with Crippen LogP contribution in [0.1, 0.15) is 5.56 Å². The molecular formula is C20H10Cl5NO3S2. The number of hydrogen-bond acceptors (Lipinski definition) is 5. The van der Waals surface area contributed by atoms with E-state index >= 15 is 0 Å². The molecule has 11 heteroatoms. The number of hydrogen-bond donors (Lipinski definition) is 0. The Hall–Kier alpha value is -1.25. The topological polar surface area (TPSA) is 56.3 Å². The van der Waals surface area contributed by atoms with Crippen LogP contribution in [0.3, 0.4) is 0 Å². The van der Waals surface area contributed by atoms with Crippen LogP contribution in [-0.2, 0) is 15.6 Å². The summed E-state index contributed by atoms with van der Waals surface area (Å²) in [6.45, 7) is 0. The van der Waals surface area contributed by atoms with Gasteiger partial charge in [0.25, 0.3) is 5.19 Å². The molecule has 0 unspecified atom stereocenters. The third-order valence-corrected chi connectivity index (χ3v) is 8.26. The SMILES string of the molecule is O=S(=O)(Cc1cc(Cl)c(Oc2nc3ccc(Cl)cc3s2)c(Cl)c1)c1ccc(Cl)cc1Cl. The molecule has 0 aliphatic carbocycles. The van der Waals surface area contributed by atoms with Crippen molar-refractivity contribution in [1.29, 1.82) is 0 Å². The molecule has 0 saturated carbocycles. The summed E-state index contributed by atoms with van der Waals surface area (Å²) in [6, 6.07) is 12.4. The van der Waals surface area contributed by atoms with Crippen molar-refractivity contribution in [3.05, 3.63) is 79.2 Å². The number of halogens is 5. The normalized spacial score (nSPS) is 11.8. The Morgan fingerprint density at radius 1 is 0.839 bits per heavy atom. The number of nitrogens with zero attached hydrogens (tertiary/aromatic N) is 1. The number of sulfone groups is 1. The Labute approximate surface area is 207 Å². The summed E-state index contributed by atoms with van der Waals surface area (Å²) in [5.74, 6) is -0.174. The second kappa shape index (κ2) is 8.94. The van der Waals surface area contributed by atoms with E-state index in [2.05, 4.69) is 4.98 Å². The Morgan fingerprint density at radius 2 is 1.48 bits per heavy atom. The van der Waals surface area contributed by atoms with Crippen molar-refractivity contribution in [2.24, 2.45) is 0 Å². The van der Waals surface area contributed by atoms with Gasteiger partial charge < -0.3 is 4.74 Å². The van der Waals surface area contributed by atoms with Crippen molar-refractivity contribution >= 4 is 89.4 Å². The van der Waals surface area contributed by atoms with Crippen LogP contribution in [0, 0.1) is 0 Å². The maximum Gasteiger partial charge on any atom is 0.279 e. The van der Waals surface area contributed by atoms with Crippen LogP contribution in [-0.4, -0.2) is 13.4 Å². The van der Waals surface area contributed by atoms with Crippen LogP contribution in [0.25, 0.3) is 10.2 Å². The molecule has 0 N–H and O–H groups in total. The van der Waals surface area contributed by atoms with Gasteiger partial charge in [-0.1, -0.05) is 69.3 Å². The van der Waals surface area contributed by atoms with E-state index in [1.807, 2.05) is 0 Å². The van der Waals surface area contributed by atoms with Crippen molar-refractivity contribution in [1.82, 2.24) is 4.98 Å². The third-order valence-electron chi connectivity index (χ3n) is 4.16. The molecule has 31 heavy (non-hydrogen) atoms. The molecule has 0 spiro atoms. The number of thiazole rings is 1. The van der Waals surface area contributed by atoms with E-state index in [1.54, 1.807) is 18.2 Å². The molecule has 0 radical (unpaired) electrons. The smallest absolute Gasteiger partial charge is 0.279 e. The van der Waals surface area contributed by atoms with E-state index in [0.717, 1.165) is 10.2 Å². The predicted octanol–water partition coefficient (Wildman–Crippen LogP) is 8.33. The molecule has 0 atom stereocenters. The van der Waals surface area contributed by atoms with Gasteiger partial charge in [0.15, 0.2) is 15.6 Å². The first kappa shape index (κ1) is 22.9. The molecule has 0 aliphatic heterocycles. The highest BCUT2D eigenvalue weighted by Crippen LogP contribution is 2.41. The van der Waals surface area contributed by atoms with Gasteiger partial charge in [0.1, 0.15) is 0 Å². The van der Waals surface area contributed by atoms with Gasteiger partial charge >= 0.3 is 0 Å². The Balaban J connectivity index is 1.62. The van der Waals surface area contributed by atoms with Gasteiger partial charge in [0.05, 0.1) is 35.9 Å². The van der Waals surface area contributed by atoms with Crippen molar-refractivity contribution in [3.8, 4) is 10.9 Å². The molecule has 4 rings (SSSR count). The largest absolute Gasteiger partial charge is 0.428 e. The number of fused-ring (bicyclic) bond motifs is 1. The van der Waals surface area contributed by atoms with E-state index in [4.69, 9.17) is 62.7 Å². The highest BCUT2D eigenvalue weighted by Gasteiger charge is 2.21. The lowest BCUT2D eigenvalue weighted by Crippen LogP contribution is -2.06. The Bertz CT molecular complexity index is 1400. The van der Waals surface area contributed by atoms with Crippen molar-refractivity contribution < 1.29 is 13.2 Å². The van der Waals surface area contributed by atoms with Crippen LogP contribution >= 0.6 is 69.3 Å². The first-order chi connectivity index (χ1) is 14.6. The summed E-state index contributed by atoms with van der Waals surface area (Å²) in [6.07, 6.45) is 0. The molecule has 3 aromatic carbocycles. The molecule has 160 valence electrons. The highest BCUT2D eigenvalue weighted by molar-refractivity contribution is 7.90. The van der Waals surface area contributed by atoms with Crippen molar-refractivity contribution in [3.63, 3.8) is 0 Å². The molecule has 1 aromatic heterocycles. The average Bonchev–Trinajstić information content (AvgIpc) is 3.05. The minimum absolute atomic E-state index is 0.0284. The highest BCUT2D eigenvalue weighted by atomic mass is 35.5. The third kappa shape index (κ3) is 5.06. The number of ether oxygens (including phenoxy) is 1. The minimum atomic E-state index is -3.76. The van der Waals surface area contributed by atoms with E-state index in [-0.39, 0.29) is 31.5 Å². The summed E-state index contributed by atoms with van der Waals surface area (Å²) in [7, 11) is -3.76. The van der Waals surface area contributed by atoms with Crippen molar-refractivity contribution in [2.45, 2.75) is 10.6 Å². The van der Waals surface area contributed by atoms with Gasteiger partial charge in [0.2, 0.25) is 0 Å². The van der Waals surface area contributed by atoms with Crippen LogP contribution in [0.5, 0.6) is 10.9 Å². The maximum absolute atomic E-state index is 12.8. The first-order valence-corrected chi connectivity index (χ1v) is 12.9. The molecule has 0 saturated heterocycles. The number of rotatable bonds is 5. The zero-order valence-electron chi connectivity index (χ0n) is 15.2. The Morgan fingerprint density at radius 3 is 2.16 bits per heavy atom. The van der Waals surface area contributed by atoms with Gasteiger partial charge in [-0.05, 0) is 54.1 Å². The molecule has 1 heterocycles. The summed E-state index contributed by atoms with van der Waals surface area (Å²) in [5.41, 5.74) is 1.10. The van der Waals surface area contributed by atoms with E-state index in [9.17, 15) is 8.42 Å². The molecule has 4 nitrogen and oxygen atoms in total. The van der Waals surface area contributed by atoms with Gasteiger partial charge in [0, 0.05) is 10.0 Å². The van der Waals surface area contributed by atoms with Gasteiger partial charge in [-0.3, -0.25) is 0 Å². The summed E-state index contributed by atoms with van der Waals surface area (Å²) < 4.78 is 32.2. The van der Waals surface area contributed by atoms with Crippen LogP contribution in [0.4, 0.5) is 0 Å². The summed E-state index contributed by atoms with van der Waals surface area (Å²) >= 11 is 31.9. The monoisotopic (exact) mass is 551 g/mol. The molecule has 0 bridgehead atoms. The lowest BCUT2D eigenvalue weighted by atomic mass is 10.2. The fraction of sp³-hybridized carbons (Fsp3) is 0.0500. The number of benzene rings is 3. The maximum atomic E-state index is 12.8. The quantitative estimate of drug-likeness (QED) is 0.249. The molecular weight excluding hydrogens is 544 g/mol. The van der Waals surface area contributed by atoms with Gasteiger partial charge in [-0.25, -0.2) is 13.4 Å². The second-order valence-electron chi connectivity index (χ2n) is 6.42. The summed E-state index contributed by atoms with van der Waals surface area (Å²) in [4.78, 5) is 4.34. The summed E-state index contributed by atoms with van der Waals surface area (Å²) in [5, 5.41) is 1.60.